The second-order valence-corrected chi connectivity index (χ2v) is 20.8. The lowest BCUT2D eigenvalue weighted by atomic mass is 9.56. The van der Waals surface area contributed by atoms with Gasteiger partial charge in [0.25, 0.3) is 17.7 Å². The van der Waals surface area contributed by atoms with Gasteiger partial charge in [-0.05, 0) is 69.2 Å². The number of imide groups is 3. The van der Waals surface area contributed by atoms with Crippen LogP contribution in [0.1, 0.15) is 90.4 Å². The Hall–Kier alpha value is -2.93. The largest absolute Gasteiger partial charge is 0.385 e. The summed E-state index contributed by atoms with van der Waals surface area (Å²) in [6, 6.07) is -0.213. The number of rotatable bonds is 10. The molecule has 7 amide bonds. The standard InChI is InChI=1S/C32H52N6O6Si/c1-5-6-16-35-26(39)24(25(33)34)27(40)37(29(35)42)22-10-14-31(15-11-22)19-23(20-31)38-30(43)36(21-44-17-18-45(2,3)4)28(41)32(38)12-8-7-9-13-32/h22-23H,5-21,33-34H2,1-4H3. The van der Waals surface area contributed by atoms with Crippen molar-refractivity contribution in [3.05, 3.63) is 11.4 Å². The van der Waals surface area contributed by atoms with Crippen LogP contribution in [0, 0.1) is 5.41 Å². The van der Waals surface area contributed by atoms with Crippen molar-refractivity contribution >= 4 is 37.9 Å². The number of nitrogens with zero attached hydrogens (tertiary/aromatic N) is 4. The summed E-state index contributed by atoms with van der Waals surface area (Å²) in [6.07, 6.45) is 10.1. The highest BCUT2D eigenvalue weighted by atomic mass is 28.3. The van der Waals surface area contributed by atoms with Gasteiger partial charge < -0.3 is 21.1 Å². The summed E-state index contributed by atoms with van der Waals surface area (Å²) in [5, 5.41) is 0. The van der Waals surface area contributed by atoms with Crippen molar-refractivity contribution in [2.75, 3.05) is 19.9 Å². The number of carbonyl (C=O) groups excluding carboxylic acids is 5. The van der Waals surface area contributed by atoms with Crippen LogP contribution in [-0.4, -0.2) is 95.0 Å². The third kappa shape index (κ3) is 6.14. The van der Waals surface area contributed by atoms with E-state index < -0.39 is 31.5 Å². The molecule has 3 saturated carbocycles. The molecule has 0 aromatic carbocycles. The van der Waals surface area contributed by atoms with Gasteiger partial charge in [0.15, 0.2) is 0 Å². The van der Waals surface area contributed by atoms with Crippen LogP contribution in [0.2, 0.25) is 25.7 Å². The lowest BCUT2D eigenvalue weighted by Gasteiger charge is -2.57. The molecule has 5 fully saturated rings. The van der Waals surface area contributed by atoms with Gasteiger partial charge in [0.1, 0.15) is 23.7 Å². The maximum atomic E-state index is 13.9. The topological polar surface area (TPSA) is 160 Å². The first kappa shape index (κ1) is 33.4. The molecule has 2 aliphatic heterocycles. The molecule has 250 valence electrons. The molecule has 0 radical (unpaired) electrons. The maximum absolute atomic E-state index is 13.9. The van der Waals surface area contributed by atoms with E-state index in [1.54, 1.807) is 0 Å². The molecular formula is C32H52N6O6Si. The Morgan fingerprint density at radius 2 is 1.51 bits per heavy atom. The Bertz CT molecular complexity index is 1240. The van der Waals surface area contributed by atoms with E-state index in [0.717, 1.165) is 62.3 Å². The lowest BCUT2D eigenvalue weighted by Crippen LogP contribution is -2.63. The zero-order valence-corrected chi connectivity index (χ0v) is 28.6. The third-order valence-electron chi connectivity index (χ3n) is 10.9. The number of nitrogens with two attached hydrogens (primary N) is 2. The highest BCUT2D eigenvalue weighted by Gasteiger charge is 2.63. The lowest BCUT2D eigenvalue weighted by molar-refractivity contribution is -0.141. The van der Waals surface area contributed by atoms with Crippen molar-refractivity contribution in [1.82, 2.24) is 19.6 Å². The molecule has 0 atom stereocenters. The van der Waals surface area contributed by atoms with Crippen molar-refractivity contribution in [3.63, 3.8) is 0 Å². The summed E-state index contributed by atoms with van der Waals surface area (Å²) < 4.78 is 5.89. The number of ether oxygens (including phenoxy) is 1. The van der Waals surface area contributed by atoms with Crippen LogP contribution in [-0.2, 0) is 19.1 Å². The van der Waals surface area contributed by atoms with E-state index in [2.05, 4.69) is 19.6 Å². The Morgan fingerprint density at radius 1 is 0.867 bits per heavy atom. The van der Waals surface area contributed by atoms with E-state index in [0.29, 0.717) is 38.7 Å². The van der Waals surface area contributed by atoms with Gasteiger partial charge in [-0.1, -0.05) is 52.2 Å². The summed E-state index contributed by atoms with van der Waals surface area (Å²) in [5.41, 5.74) is 10.4. The average molecular weight is 645 g/mol. The van der Waals surface area contributed by atoms with Gasteiger partial charge in [-0.2, -0.15) is 0 Å². The van der Waals surface area contributed by atoms with Crippen LogP contribution in [0.25, 0.3) is 0 Å². The summed E-state index contributed by atoms with van der Waals surface area (Å²) in [7, 11) is -1.30. The van der Waals surface area contributed by atoms with Gasteiger partial charge in [0.2, 0.25) is 0 Å². The van der Waals surface area contributed by atoms with Crippen LogP contribution in [0.15, 0.2) is 11.4 Å². The molecule has 3 aliphatic carbocycles. The molecule has 0 unspecified atom stereocenters. The van der Waals surface area contributed by atoms with Gasteiger partial charge in [-0.3, -0.25) is 24.2 Å². The van der Waals surface area contributed by atoms with Crippen molar-refractivity contribution in [2.45, 2.75) is 134 Å². The summed E-state index contributed by atoms with van der Waals surface area (Å²) >= 11 is 0. The summed E-state index contributed by atoms with van der Waals surface area (Å²) in [6.45, 7) is 9.56. The monoisotopic (exact) mass is 644 g/mol. The molecule has 0 aromatic heterocycles. The normalized spacial score (nSPS) is 29.0. The second kappa shape index (κ2) is 12.7. The van der Waals surface area contributed by atoms with Crippen LogP contribution in [0.4, 0.5) is 9.59 Å². The number of unbranched alkanes of at least 4 members (excludes halogenated alkanes) is 1. The van der Waals surface area contributed by atoms with E-state index >= 15 is 0 Å². The Labute approximate surface area is 267 Å². The van der Waals surface area contributed by atoms with Gasteiger partial charge in [-0.25, -0.2) is 14.5 Å². The predicted octanol–water partition coefficient (Wildman–Crippen LogP) is 4.08. The molecule has 2 heterocycles. The number of carbonyl (C=O) groups is 5. The fourth-order valence-electron chi connectivity index (χ4n) is 8.24. The minimum atomic E-state index is -1.30. The fourth-order valence-corrected chi connectivity index (χ4v) is 8.99. The quantitative estimate of drug-likeness (QED) is 0.118. The zero-order chi connectivity index (χ0) is 32.7. The maximum Gasteiger partial charge on any atom is 0.334 e. The smallest absolute Gasteiger partial charge is 0.334 e. The SMILES string of the molecule is CCCCN1C(=O)C(=C(N)N)C(=O)N(C2CCC3(CC2)CC(N2C(=O)N(COCC[Si](C)(C)C)C(=O)C24CCCCC4)C3)C1=O. The number of hydrogen-bond donors (Lipinski definition) is 2. The number of barbiturate groups is 1. The third-order valence-corrected chi connectivity index (χ3v) is 12.6. The van der Waals surface area contributed by atoms with E-state index in [1.807, 2.05) is 11.8 Å². The van der Waals surface area contributed by atoms with Crippen LogP contribution in [0.3, 0.4) is 0 Å². The zero-order valence-electron chi connectivity index (χ0n) is 27.6. The highest BCUT2D eigenvalue weighted by molar-refractivity contribution is 6.76. The Balaban J connectivity index is 1.25. The first-order chi connectivity index (χ1) is 21.3. The van der Waals surface area contributed by atoms with E-state index in [4.69, 9.17) is 16.2 Å². The molecule has 0 aromatic rings. The minimum absolute atomic E-state index is 0.00717. The van der Waals surface area contributed by atoms with Crippen molar-refractivity contribution in [3.8, 4) is 0 Å². The van der Waals surface area contributed by atoms with Crippen LogP contribution >= 0.6 is 0 Å². The number of urea groups is 2. The highest BCUT2D eigenvalue weighted by Crippen LogP contribution is 2.57. The fraction of sp³-hybridized carbons (Fsp3) is 0.781. The van der Waals surface area contributed by atoms with Crippen molar-refractivity contribution in [1.29, 1.82) is 0 Å². The van der Waals surface area contributed by atoms with Crippen LogP contribution < -0.4 is 11.5 Å². The molecule has 12 nitrogen and oxygen atoms in total. The molecule has 4 N–H and O–H groups in total. The molecular weight excluding hydrogens is 592 g/mol. The van der Waals surface area contributed by atoms with Gasteiger partial charge >= 0.3 is 12.1 Å². The van der Waals surface area contributed by atoms with Crippen molar-refractivity contribution < 1.29 is 28.7 Å². The number of amides is 7. The molecule has 2 spiro atoms. The van der Waals surface area contributed by atoms with E-state index in [1.165, 1.54) is 9.80 Å². The molecule has 0 bridgehead atoms. The second-order valence-electron chi connectivity index (χ2n) is 15.2. The summed E-state index contributed by atoms with van der Waals surface area (Å²) in [4.78, 5) is 73.0. The number of hydrogen-bond acceptors (Lipinski definition) is 8. The molecule has 45 heavy (non-hydrogen) atoms. The first-order valence-electron chi connectivity index (χ1n) is 16.9. The average Bonchev–Trinajstić information content (AvgIpc) is 3.14. The molecule has 5 aliphatic rings. The summed E-state index contributed by atoms with van der Waals surface area (Å²) in [5.74, 6) is -1.90. The minimum Gasteiger partial charge on any atom is -0.385 e. The Morgan fingerprint density at radius 3 is 2.09 bits per heavy atom. The molecule has 2 saturated heterocycles. The van der Waals surface area contributed by atoms with E-state index in [-0.39, 0.29) is 54.1 Å². The van der Waals surface area contributed by atoms with Gasteiger partial charge in [0, 0.05) is 33.3 Å². The van der Waals surface area contributed by atoms with Crippen LogP contribution in [0.5, 0.6) is 0 Å². The van der Waals surface area contributed by atoms with Gasteiger partial charge in [0.05, 0.1) is 0 Å². The first-order valence-corrected chi connectivity index (χ1v) is 20.6. The van der Waals surface area contributed by atoms with Crippen molar-refractivity contribution in [2.24, 2.45) is 16.9 Å². The Kier molecular flexibility index (Phi) is 9.43. The molecule has 13 heteroatoms. The predicted molar refractivity (Wildman–Crippen MR) is 171 cm³/mol. The van der Waals surface area contributed by atoms with Gasteiger partial charge in [-0.15, -0.1) is 0 Å². The van der Waals surface area contributed by atoms with E-state index in [9.17, 15) is 24.0 Å². The molecule has 5 rings (SSSR count).